The van der Waals surface area contributed by atoms with Crippen molar-refractivity contribution in [1.29, 1.82) is 0 Å². The molecule has 0 saturated heterocycles. The van der Waals surface area contributed by atoms with E-state index in [1.54, 1.807) is 0 Å². The molecule has 27 heavy (non-hydrogen) atoms. The number of alkyl halides is 6. The first-order valence-corrected chi connectivity index (χ1v) is 9.93. The van der Waals surface area contributed by atoms with Crippen LogP contribution in [0.2, 0.25) is 0 Å². The van der Waals surface area contributed by atoms with Crippen LogP contribution in [0, 0.1) is 11.8 Å². The lowest BCUT2D eigenvalue weighted by Gasteiger charge is -2.23. The van der Waals surface area contributed by atoms with Gasteiger partial charge in [-0.2, -0.15) is 43.2 Å². The van der Waals surface area contributed by atoms with E-state index in [-0.39, 0.29) is 17.6 Å². The van der Waals surface area contributed by atoms with Crippen LogP contribution in [0.4, 0.5) is 26.3 Å². The minimum Gasteiger partial charge on any atom is -0.376 e. The molecule has 0 radical (unpaired) electrons. The number of halogens is 6. The largest absolute Gasteiger partial charge is 0.534 e. The molecular formula is C13H12F6O6S2. The van der Waals surface area contributed by atoms with Gasteiger partial charge in [0.05, 0.1) is 0 Å². The van der Waals surface area contributed by atoms with Crippen LogP contribution < -0.4 is 0 Å². The van der Waals surface area contributed by atoms with Crippen LogP contribution >= 0.6 is 0 Å². The van der Waals surface area contributed by atoms with Gasteiger partial charge in [0.1, 0.15) is 11.5 Å². The zero-order valence-electron chi connectivity index (χ0n) is 13.2. The van der Waals surface area contributed by atoms with Gasteiger partial charge in [-0.1, -0.05) is 13.2 Å². The maximum Gasteiger partial charge on any atom is 0.534 e. The molecule has 0 aromatic heterocycles. The van der Waals surface area contributed by atoms with Crippen molar-refractivity contribution in [3.8, 4) is 0 Å². The molecule has 1 saturated carbocycles. The molecule has 6 nitrogen and oxygen atoms in total. The zero-order chi connectivity index (χ0) is 21.0. The first kappa shape index (κ1) is 21.6. The van der Waals surface area contributed by atoms with E-state index in [9.17, 15) is 43.2 Å². The maximum atomic E-state index is 12.5. The van der Waals surface area contributed by atoms with Gasteiger partial charge in [-0.3, -0.25) is 0 Å². The van der Waals surface area contributed by atoms with E-state index in [0.29, 0.717) is 12.8 Å². The van der Waals surface area contributed by atoms with Crippen LogP contribution in [0.15, 0.2) is 35.8 Å². The normalized spacial score (nSPS) is 23.5. The molecule has 2 atom stereocenters. The summed E-state index contributed by atoms with van der Waals surface area (Å²) >= 11 is 0. The van der Waals surface area contributed by atoms with Crippen LogP contribution in [0.25, 0.3) is 0 Å². The molecule has 0 aliphatic heterocycles. The Morgan fingerprint density at radius 3 is 1.33 bits per heavy atom. The number of hydrogen-bond donors (Lipinski definition) is 0. The summed E-state index contributed by atoms with van der Waals surface area (Å²) in [6, 6.07) is 0. The fourth-order valence-corrected chi connectivity index (χ4v) is 4.05. The quantitative estimate of drug-likeness (QED) is 0.271. The predicted octanol–water partition coefficient (Wildman–Crippen LogP) is 3.47. The topological polar surface area (TPSA) is 86.7 Å². The van der Waals surface area contributed by atoms with Crippen molar-refractivity contribution in [3.05, 3.63) is 35.8 Å². The SMILES string of the molecule is C=C(OS(=O)(=O)C(F)(F)F)C1=C(C(=C)OS(=O)(=O)C(F)(F)F)C2CCC1C2. The number of allylic oxidation sites excluding steroid dienone is 2. The van der Waals surface area contributed by atoms with E-state index in [1.807, 2.05) is 0 Å². The van der Waals surface area contributed by atoms with E-state index in [2.05, 4.69) is 21.5 Å². The maximum absolute atomic E-state index is 12.5. The molecule has 0 N–H and O–H groups in total. The predicted molar refractivity (Wildman–Crippen MR) is 78.3 cm³/mol. The first-order valence-electron chi connectivity index (χ1n) is 7.12. The van der Waals surface area contributed by atoms with Crippen molar-refractivity contribution in [3.63, 3.8) is 0 Å². The van der Waals surface area contributed by atoms with Gasteiger partial charge in [0.25, 0.3) is 0 Å². The van der Waals surface area contributed by atoms with E-state index in [1.165, 1.54) is 0 Å². The summed E-state index contributed by atoms with van der Waals surface area (Å²) < 4.78 is 127. The molecule has 2 aliphatic rings. The van der Waals surface area contributed by atoms with Crippen molar-refractivity contribution in [2.75, 3.05) is 0 Å². The van der Waals surface area contributed by atoms with Gasteiger partial charge in [0.2, 0.25) is 0 Å². The highest BCUT2D eigenvalue weighted by molar-refractivity contribution is 7.88. The molecular weight excluding hydrogens is 430 g/mol. The first-order chi connectivity index (χ1) is 12.0. The summed E-state index contributed by atoms with van der Waals surface area (Å²) in [6.07, 6.45) is 0.974. The molecule has 0 amide bonds. The molecule has 14 heteroatoms. The Balaban J connectivity index is 2.39. The molecule has 0 aromatic rings. The molecule has 2 rings (SSSR count). The second kappa shape index (κ2) is 6.43. The van der Waals surface area contributed by atoms with Gasteiger partial charge in [-0.25, -0.2) is 0 Å². The Morgan fingerprint density at radius 2 is 1.07 bits per heavy atom. The van der Waals surface area contributed by atoms with Crippen LogP contribution in [0.1, 0.15) is 19.3 Å². The molecule has 2 bridgehead atoms. The number of rotatable bonds is 6. The summed E-state index contributed by atoms with van der Waals surface area (Å²) in [5, 5.41) is 0. The minimum absolute atomic E-state index is 0.230. The van der Waals surface area contributed by atoms with Crippen molar-refractivity contribution in [2.24, 2.45) is 11.8 Å². The van der Waals surface area contributed by atoms with Crippen molar-refractivity contribution in [2.45, 2.75) is 30.3 Å². The average molecular weight is 442 g/mol. The molecule has 2 unspecified atom stereocenters. The second-order valence-corrected chi connectivity index (χ2v) is 8.92. The summed E-state index contributed by atoms with van der Waals surface area (Å²) in [5.41, 5.74) is -12.0. The van der Waals surface area contributed by atoms with Gasteiger partial charge >= 0.3 is 31.3 Å². The van der Waals surface area contributed by atoms with Gasteiger partial charge in [0.15, 0.2) is 0 Å². The zero-order valence-corrected chi connectivity index (χ0v) is 14.9. The average Bonchev–Trinajstić information content (AvgIpc) is 3.03. The fraction of sp³-hybridized carbons (Fsp3) is 0.538. The fourth-order valence-electron chi connectivity index (χ4n) is 3.15. The lowest BCUT2D eigenvalue weighted by molar-refractivity contribution is -0.0526. The summed E-state index contributed by atoms with van der Waals surface area (Å²) in [5.74, 6) is -3.09. The van der Waals surface area contributed by atoms with E-state index < -0.39 is 54.6 Å². The lowest BCUT2D eigenvalue weighted by atomic mass is 9.90. The molecule has 2 aliphatic carbocycles. The molecule has 154 valence electrons. The standard InChI is InChI=1S/C13H12F6O6S2/c1-6(24-26(20,21)12(14,15)16)10-8-3-4-9(5-8)11(10)7(2)25-27(22,23)13(17,18)19/h8-9H,1-5H2. The second-order valence-electron chi connectivity index (χ2n) is 5.85. The van der Waals surface area contributed by atoms with E-state index >= 15 is 0 Å². The van der Waals surface area contributed by atoms with Crippen molar-refractivity contribution < 1.29 is 51.5 Å². The van der Waals surface area contributed by atoms with Crippen molar-refractivity contribution >= 4 is 20.2 Å². The summed E-state index contributed by atoms with van der Waals surface area (Å²) in [7, 11) is -12.1. The Labute approximate surface area is 150 Å². The van der Waals surface area contributed by atoms with Crippen LogP contribution in [0.3, 0.4) is 0 Å². The minimum atomic E-state index is -6.06. The van der Waals surface area contributed by atoms with Crippen molar-refractivity contribution in [1.82, 2.24) is 0 Å². The lowest BCUT2D eigenvalue weighted by Crippen LogP contribution is -2.27. The summed E-state index contributed by atoms with van der Waals surface area (Å²) in [6.45, 7) is 6.21. The molecule has 0 heterocycles. The van der Waals surface area contributed by atoms with Gasteiger partial charge in [-0.15, -0.1) is 0 Å². The Kier molecular flexibility index (Phi) is 5.14. The molecule has 0 aromatic carbocycles. The number of hydrogen-bond acceptors (Lipinski definition) is 6. The summed E-state index contributed by atoms with van der Waals surface area (Å²) in [4.78, 5) is 0. The third-order valence-corrected chi connectivity index (χ3v) is 6.10. The molecule has 0 spiro atoms. The van der Waals surface area contributed by atoms with Gasteiger partial charge in [-0.05, 0) is 31.1 Å². The highest BCUT2D eigenvalue weighted by Gasteiger charge is 2.52. The highest BCUT2D eigenvalue weighted by Crippen LogP contribution is 2.53. The van der Waals surface area contributed by atoms with E-state index in [0.717, 1.165) is 0 Å². The van der Waals surface area contributed by atoms with Gasteiger partial charge in [0, 0.05) is 11.1 Å². The smallest absolute Gasteiger partial charge is 0.376 e. The van der Waals surface area contributed by atoms with Gasteiger partial charge < -0.3 is 8.37 Å². The van der Waals surface area contributed by atoms with E-state index in [4.69, 9.17) is 0 Å². The Morgan fingerprint density at radius 1 is 0.778 bits per heavy atom. The Hall–Kier alpha value is -1.70. The Bertz CT molecular complexity index is 836. The monoisotopic (exact) mass is 442 g/mol. The van der Waals surface area contributed by atoms with Crippen LogP contribution in [-0.4, -0.2) is 27.9 Å². The third-order valence-electron chi connectivity index (χ3n) is 4.13. The number of fused-ring (bicyclic) bond motifs is 2. The van der Waals surface area contributed by atoms with Crippen LogP contribution in [-0.2, 0) is 28.6 Å². The third kappa shape index (κ3) is 3.95. The van der Waals surface area contributed by atoms with Crippen LogP contribution in [0.5, 0.6) is 0 Å². The highest BCUT2D eigenvalue weighted by atomic mass is 32.2. The molecule has 1 fully saturated rings.